The van der Waals surface area contributed by atoms with Crippen LogP contribution in [0, 0.1) is 20.8 Å². The van der Waals surface area contributed by atoms with Gasteiger partial charge in [-0.1, -0.05) is 35.1 Å². The van der Waals surface area contributed by atoms with Gasteiger partial charge in [0.25, 0.3) is 5.91 Å². The SMILES string of the molecule is Cc1ccc(C(=O)N=c2sc3c(Cl)ccc(C)c3n2C)cc1C. The molecule has 1 amide bonds. The summed E-state index contributed by atoms with van der Waals surface area (Å²) in [5, 5.41) is 0.686. The van der Waals surface area contributed by atoms with E-state index >= 15 is 0 Å². The summed E-state index contributed by atoms with van der Waals surface area (Å²) >= 11 is 7.72. The van der Waals surface area contributed by atoms with E-state index in [1.54, 1.807) is 0 Å². The Morgan fingerprint density at radius 2 is 1.78 bits per heavy atom. The Bertz CT molecular complexity index is 998. The average molecular weight is 345 g/mol. The molecule has 0 aliphatic carbocycles. The molecule has 5 heteroatoms. The van der Waals surface area contributed by atoms with Crippen LogP contribution in [0.5, 0.6) is 0 Å². The van der Waals surface area contributed by atoms with Crippen LogP contribution in [0.3, 0.4) is 0 Å². The van der Waals surface area contributed by atoms with Gasteiger partial charge in [-0.3, -0.25) is 4.79 Å². The van der Waals surface area contributed by atoms with Crippen LogP contribution in [-0.4, -0.2) is 10.5 Å². The Morgan fingerprint density at radius 1 is 1.09 bits per heavy atom. The first-order chi connectivity index (χ1) is 10.9. The smallest absolute Gasteiger partial charge is 0.279 e. The molecule has 0 saturated carbocycles. The molecule has 118 valence electrons. The number of benzene rings is 2. The number of carbonyl (C=O) groups is 1. The number of carbonyl (C=O) groups excluding carboxylic acids is 1. The van der Waals surface area contributed by atoms with Gasteiger partial charge in [0.15, 0.2) is 4.80 Å². The van der Waals surface area contributed by atoms with Gasteiger partial charge in [-0.05, 0) is 55.7 Å². The van der Waals surface area contributed by atoms with E-state index in [4.69, 9.17) is 11.6 Å². The van der Waals surface area contributed by atoms with Gasteiger partial charge < -0.3 is 4.57 Å². The van der Waals surface area contributed by atoms with Crippen LogP contribution >= 0.6 is 22.9 Å². The molecule has 2 aromatic carbocycles. The van der Waals surface area contributed by atoms with Crippen LogP contribution in [0.25, 0.3) is 10.2 Å². The molecule has 0 spiro atoms. The second-order valence-electron chi connectivity index (χ2n) is 5.70. The Morgan fingerprint density at radius 3 is 2.43 bits per heavy atom. The van der Waals surface area contributed by atoms with E-state index in [2.05, 4.69) is 4.99 Å². The standard InChI is InChI=1S/C18H17ClN2OS/c1-10-5-7-13(9-12(10)3)17(22)20-18-21(4)15-11(2)6-8-14(19)16(15)23-18/h5-9H,1-4H3. The molecule has 1 heterocycles. The quantitative estimate of drug-likeness (QED) is 0.637. The number of halogens is 1. The summed E-state index contributed by atoms with van der Waals surface area (Å²) in [6.45, 7) is 6.05. The van der Waals surface area contributed by atoms with Crippen LogP contribution in [0.2, 0.25) is 5.02 Å². The third-order valence-corrected chi connectivity index (χ3v) is 5.64. The summed E-state index contributed by atoms with van der Waals surface area (Å²) in [7, 11) is 1.91. The second-order valence-corrected chi connectivity index (χ2v) is 7.09. The van der Waals surface area contributed by atoms with Crippen molar-refractivity contribution in [1.29, 1.82) is 0 Å². The minimum atomic E-state index is -0.232. The normalized spacial score (nSPS) is 12.1. The van der Waals surface area contributed by atoms with Crippen molar-refractivity contribution in [3.63, 3.8) is 0 Å². The number of aromatic nitrogens is 1. The zero-order valence-electron chi connectivity index (χ0n) is 13.5. The highest BCUT2D eigenvalue weighted by atomic mass is 35.5. The van der Waals surface area contributed by atoms with Gasteiger partial charge >= 0.3 is 0 Å². The van der Waals surface area contributed by atoms with E-state index in [0.717, 1.165) is 26.9 Å². The summed E-state index contributed by atoms with van der Waals surface area (Å²) in [6.07, 6.45) is 0. The third-order valence-electron chi connectivity index (χ3n) is 4.05. The predicted molar refractivity (Wildman–Crippen MR) is 96.4 cm³/mol. The topological polar surface area (TPSA) is 34.4 Å². The van der Waals surface area contributed by atoms with Crippen LogP contribution in [0.4, 0.5) is 0 Å². The molecule has 0 radical (unpaired) electrons. The van der Waals surface area contributed by atoms with Gasteiger partial charge in [0.1, 0.15) is 0 Å². The second kappa shape index (κ2) is 5.95. The van der Waals surface area contributed by atoms with Gasteiger partial charge in [-0.25, -0.2) is 0 Å². The number of rotatable bonds is 1. The fourth-order valence-electron chi connectivity index (χ4n) is 2.54. The van der Waals surface area contributed by atoms with Crippen molar-refractivity contribution in [2.75, 3.05) is 0 Å². The molecule has 0 atom stereocenters. The van der Waals surface area contributed by atoms with Gasteiger partial charge in [0.2, 0.25) is 0 Å². The zero-order chi connectivity index (χ0) is 16.7. The fraction of sp³-hybridized carbons (Fsp3) is 0.222. The Labute approximate surface area is 143 Å². The maximum absolute atomic E-state index is 12.5. The molecular weight excluding hydrogens is 328 g/mol. The van der Waals surface area contributed by atoms with Gasteiger partial charge in [0.05, 0.1) is 15.2 Å². The van der Waals surface area contributed by atoms with Gasteiger partial charge in [-0.2, -0.15) is 4.99 Å². The van der Waals surface area contributed by atoms with E-state index in [-0.39, 0.29) is 5.91 Å². The number of thiazole rings is 1. The monoisotopic (exact) mass is 344 g/mol. The number of nitrogens with zero attached hydrogens (tertiary/aromatic N) is 2. The summed E-state index contributed by atoms with van der Waals surface area (Å²) in [6, 6.07) is 9.51. The van der Waals surface area contributed by atoms with Crippen molar-refractivity contribution in [1.82, 2.24) is 4.57 Å². The molecule has 3 aromatic rings. The van der Waals surface area contributed by atoms with E-state index in [1.807, 2.05) is 62.7 Å². The van der Waals surface area contributed by atoms with Crippen molar-refractivity contribution in [3.8, 4) is 0 Å². The molecule has 0 bridgehead atoms. The first kappa shape index (κ1) is 16.0. The molecule has 1 aromatic heterocycles. The van der Waals surface area contributed by atoms with Crippen LogP contribution in [0.15, 0.2) is 35.3 Å². The van der Waals surface area contributed by atoms with Gasteiger partial charge in [-0.15, -0.1) is 0 Å². The molecule has 0 aliphatic rings. The lowest BCUT2D eigenvalue weighted by Crippen LogP contribution is -2.13. The first-order valence-electron chi connectivity index (χ1n) is 7.29. The molecule has 0 unspecified atom stereocenters. The molecule has 0 N–H and O–H groups in total. The van der Waals surface area contributed by atoms with Crippen LogP contribution in [-0.2, 0) is 7.05 Å². The minimum absolute atomic E-state index is 0.232. The van der Waals surface area contributed by atoms with Crippen molar-refractivity contribution < 1.29 is 4.79 Å². The lowest BCUT2D eigenvalue weighted by Gasteiger charge is -2.02. The molecule has 0 fully saturated rings. The van der Waals surface area contributed by atoms with Crippen LogP contribution < -0.4 is 4.80 Å². The minimum Gasteiger partial charge on any atom is -0.319 e. The Kier molecular flexibility index (Phi) is 4.13. The summed E-state index contributed by atoms with van der Waals surface area (Å²) in [5.41, 5.74) is 4.99. The van der Waals surface area contributed by atoms with Gasteiger partial charge in [0, 0.05) is 12.6 Å². The lowest BCUT2D eigenvalue weighted by molar-refractivity contribution is 0.0998. The highest BCUT2D eigenvalue weighted by molar-refractivity contribution is 7.17. The largest absolute Gasteiger partial charge is 0.319 e. The molecule has 23 heavy (non-hydrogen) atoms. The Balaban J connectivity index is 2.16. The van der Waals surface area contributed by atoms with E-state index in [9.17, 15) is 4.79 Å². The van der Waals surface area contributed by atoms with Crippen molar-refractivity contribution in [2.45, 2.75) is 20.8 Å². The molecule has 0 aliphatic heterocycles. The molecular formula is C18H17ClN2OS. The highest BCUT2D eigenvalue weighted by Crippen LogP contribution is 2.28. The number of amides is 1. The summed E-state index contributed by atoms with van der Waals surface area (Å²) in [5.74, 6) is -0.232. The van der Waals surface area contributed by atoms with Crippen LogP contribution in [0.1, 0.15) is 27.0 Å². The lowest BCUT2D eigenvalue weighted by atomic mass is 10.1. The maximum Gasteiger partial charge on any atom is 0.279 e. The molecule has 3 rings (SSSR count). The van der Waals surface area contributed by atoms with Crippen molar-refractivity contribution >= 4 is 39.1 Å². The van der Waals surface area contributed by atoms with Crippen molar-refractivity contribution in [2.24, 2.45) is 12.0 Å². The fourth-order valence-corrected chi connectivity index (χ4v) is 3.91. The van der Waals surface area contributed by atoms with E-state index in [0.29, 0.717) is 15.4 Å². The number of hydrogen-bond acceptors (Lipinski definition) is 2. The first-order valence-corrected chi connectivity index (χ1v) is 8.49. The Hall–Kier alpha value is -1.91. The number of fused-ring (bicyclic) bond motifs is 1. The maximum atomic E-state index is 12.5. The number of hydrogen-bond donors (Lipinski definition) is 0. The predicted octanol–water partition coefficient (Wildman–Crippen LogP) is 4.56. The van der Waals surface area contributed by atoms with Crippen molar-refractivity contribution in [3.05, 3.63) is 62.4 Å². The van der Waals surface area contributed by atoms with E-state index < -0.39 is 0 Å². The number of aryl methyl sites for hydroxylation is 4. The highest BCUT2D eigenvalue weighted by Gasteiger charge is 2.11. The summed E-state index contributed by atoms with van der Waals surface area (Å²) in [4.78, 5) is 17.4. The van der Waals surface area contributed by atoms with E-state index in [1.165, 1.54) is 11.3 Å². The molecule has 3 nitrogen and oxygen atoms in total. The summed E-state index contributed by atoms with van der Waals surface area (Å²) < 4.78 is 2.89. The third kappa shape index (κ3) is 2.84. The zero-order valence-corrected chi connectivity index (χ0v) is 15.0. The molecule has 0 saturated heterocycles. The average Bonchev–Trinajstić information content (AvgIpc) is 2.84.